The quantitative estimate of drug-likeness (QED) is 0.575. The molecule has 2 N–H and O–H groups in total. The number of fused-ring (bicyclic) bond motifs is 1. The number of rotatable bonds is 5. The Morgan fingerprint density at radius 2 is 2.07 bits per heavy atom. The number of amides is 2. The highest BCUT2D eigenvalue weighted by molar-refractivity contribution is 7.18. The summed E-state index contributed by atoms with van der Waals surface area (Å²) in [5.41, 5.74) is 2.31. The normalized spacial score (nSPS) is 13.3. The van der Waals surface area contributed by atoms with Crippen molar-refractivity contribution in [3.63, 3.8) is 0 Å². The van der Waals surface area contributed by atoms with E-state index >= 15 is 0 Å². The Kier molecular flexibility index (Phi) is 7.43. The molecule has 11 heteroatoms. The lowest BCUT2D eigenvalue weighted by atomic mass is 10.2. The summed E-state index contributed by atoms with van der Waals surface area (Å²) in [7, 11) is 2.06. The summed E-state index contributed by atoms with van der Waals surface area (Å²) in [6.45, 7) is 2.00. The molecule has 0 unspecified atom stereocenters. The highest BCUT2D eigenvalue weighted by Crippen LogP contribution is 2.26. The van der Waals surface area contributed by atoms with Crippen LogP contribution in [0.5, 0.6) is 0 Å². The largest absolute Gasteiger partial charge is 0.347 e. The summed E-state index contributed by atoms with van der Waals surface area (Å²) < 4.78 is 0.557. The van der Waals surface area contributed by atoms with E-state index in [1.54, 1.807) is 30.6 Å². The van der Waals surface area contributed by atoms with E-state index in [2.05, 4.69) is 32.5 Å². The van der Waals surface area contributed by atoms with Crippen LogP contribution in [0.1, 0.15) is 35.6 Å². The van der Waals surface area contributed by atoms with E-state index in [-0.39, 0.29) is 30.8 Å². The first-order valence-corrected chi connectivity index (χ1v) is 11.0. The molecule has 0 spiro atoms. The number of hydrogen-bond donors (Lipinski definition) is 2. The van der Waals surface area contributed by atoms with E-state index < -0.39 is 0 Å². The van der Waals surface area contributed by atoms with Crippen molar-refractivity contribution in [3.05, 3.63) is 60.9 Å². The number of thiophene rings is 1. The first-order valence-electron chi connectivity index (χ1n) is 8.94. The van der Waals surface area contributed by atoms with Crippen molar-refractivity contribution in [2.45, 2.75) is 19.5 Å². The van der Waals surface area contributed by atoms with Crippen LogP contribution in [-0.4, -0.2) is 40.3 Å². The molecule has 0 fully saturated rings. The minimum Gasteiger partial charge on any atom is -0.347 e. The Balaban J connectivity index is 0.00000256. The predicted molar refractivity (Wildman–Crippen MR) is 122 cm³/mol. The minimum absolute atomic E-state index is 0. The highest BCUT2D eigenvalue weighted by Gasteiger charge is 2.22. The fourth-order valence-corrected chi connectivity index (χ4v) is 5.03. The molecule has 0 saturated heterocycles. The highest BCUT2D eigenvalue weighted by atomic mass is 35.5. The van der Waals surface area contributed by atoms with Gasteiger partial charge in [0.05, 0.1) is 14.9 Å². The van der Waals surface area contributed by atoms with Gasteiger partial charge in [0.1, 0.15) is 0 Å². The second-order valence-electron chi connectivity index (χ2n) is 6.65. The number of likely N-dealkylation sites (N-methyl/N-ethyl adjacent to an activating group) is 1. The van der Waals surface area contributed by atoms with Crippen LogP contribution in [-0.2, 0) is 19.5 Å². The molecular weight excluding hydrogens is 465 g/mol. The number of carbonyl (C=O) groups excluding carboxylic acids is 2. The summed E-state index contributed by atoms with van der Waals surface area (Å²) in [5, 5.41) is 6.18. The molecule has 1 aliphatic rings. The summed E-state index contributed by atoms with van der Waals surface area (Å²) in [6.07, 6.45) is 4.08. The number of thiazole rings is 1. The van der Waals surface area contributed by atoms with Gasteiger partial charge in [0.25, 0.3) is 11.8 Å². The van der Waals surface area contributed by atoms with Gasteiger partial charge in [-0.2, -0.15) is 0 Å². The van der Waals surface area contributed by atoms with Crippen LogP contribution in [0.25, 0.3) is 0 Å². The molecule has 3 aromatic heterocycles. The smallest absolute Gasteiger partial charge is 0.284 e. The van der Waals surface area contributed by atoms with Gasteiger partial charge in [0, 0.05) is 54.6 Å². The van der Waals surface area contributed by atoms with Crippen LogP contribution < -0.4 is 10.6 Å². The maximum Gasteiger partial charge on any atom is 0.284 e. The van der Waals surface area contributed by atoms with Crippen LogP contribution in [0.4, 0.5) is 5.69 Å². The minimum atomic E-state index is -0.254. The van der Waals surface area contributed by atoms with E-state index in [9.17, 15) is 9.59 Å². The zero-order valence-corrected chi connectivity index (χ0v) is 19.2. The zero-order chi connectivity index (χ0) is 20.4. The fraction of sp³-hybridized carbons (Fsp3) is 0.263. The van der Waals surface area contributed by atoms with Crippen LogP contribution >= 0.6 is 46.7 Å². The van der Waals surface area contributed by atoms with E-state index in [1.807, 2.05) is 0 Å². The summed E-state index contributed by atoms with van der Waals surface area (Å²) in [5.74, 6) is -0.476. The molecule has 0 aliphatic carbocycles. The van der Waals surface area contributed by atoms with Crippen LogP contribution in [0.2, 0.25) is 4.34 Å². The summed E-state index contributed by atoms with van der Waals surface area (Å²) in [4.78, 5) is 37.5. The third-order valence-corrected chi connectivity index (χ3v) is 6.82. The lowest BCUT2D eigenvalue weighted by Gasteiger charge is -2.20. The van der Waals surface area contributed by atoms with E-state index in [0.29, 0.717) is 25.5 Å². The third-order valence-electron chi connectivity index (χ3n) is 4.50. The molecule has 3 aromatic rings. The average Bonchev–Trinajstić information content (AvgIpc) is 3.33. The first-order chi connectivity index (χ1) is 14.0. The fourth-order valence-electron chi connectivity index (χ4n) is 2.98. The molecule has 30 heavy (non-hydrogen) atoms. The van der Waals surface area contributed by atoms with E-state index in [4.69, 9.17) is 11.6 Å². The molecule has 0 bridgehead atoms. The molecule has 7 nitrogen and oxygen atoms in total. The van der Waals surface area contributed by atoms with Crippen molar-refractivity contribution in [1.82, 2.24) is 20.2 Å². The molecule has 0 atom stereocenters. The van der Waals surface area contributed by atoms with Gasteiger partial charge < -0.3 is 15.5 Å². The van der Waals surface area contributed by atoms with Crippen LogP contribution in [0.15, 0.2) is 30.6 Å². The number of nitrogens with zero attached hydrogens (tertiary/aromatic N) is 3. The van der Waals surface area contributed by atoms with Gasteiger partial charge in [-0.3, -0.25) is 14.6 Å². The first kappa shape index (κ1) is 22.6. The number of nitrogens with one attached hydrogen (secondary N) is 2. The van der Waals surface area contributed by atoms with Gasteiger partial charge in [-0.05, 0) is 25.2 Å². The lowest BCUT2D eigenvalue weighted by Crippen LogP contribution is -2.25. The Bertz CT molecular complexity index is 1070. The van der Waals surface area contributed by atoms with E-state index in [0.717, 1.165) is 30.1 Å². The number of halogens is 2. The lowest BCUT2D eigenvalue weighted by molar-refractivity contribution is 0.0954. The van der Waals surface area contributed by atoms with Gasteiger partial charge in [0.2, 0.25) is 0 Å². The Labute approximate surface area is 192 Å². The number of carbonyl (C=O) groups is 2. The monoisotopic (exact) mass is 483 g/mol. The maximum atomic E-state index is 12.7. The number of pyridine rings is 1. The molecule has 4 heterocycles. The number of anilines is 1. The molecule has 0 saturated carbocycles. The SMILES string of the molecule is CN1CCc2nc(C(=O)Nc3ccncc3CNC(=O)c3ccc(Cl)s3)sc2C1.Cl. The van der Waals surface area contributed by atoms with E-state index in [1.165, 1.54) is 22.7 Å². The maximum absolute atomic E-state index is 12.7. The standard InChI is InChI=1S/C19H18ClN5O2S2.ClH/c1-25-7-5-13-15(10-25)29-19(24-13)18(27)23-12-4-6-21-8-11(12)9-22-17(26)14-2-3-16(20)28-14;/h2-4,6,8H,5,7,9-10H2,1H3,(H,22,26)(H,21,23,27);1H. The Morgan fingerprint density at radius 3 is 2.83 bits per heavy atom. The molecule has 158 valence electrons. The molecule has 1 aliphatic heterocycles. The molecule has 2 amide bonds. The van der Waals surface area contributed by atoms with Crippen molar-refractivity contribution in [3.8, 4) is 0 Å². The Morgan fingerprint density at radius 1 is 1.23 bits per heavy atom. The molecule has 0 aromatic carbocycles. The van der Waals surface area contributed by atoms with Gasteiger partial charge in [-0.25, -0.2) is 4.98 Å². The van der Waals surface area contributed by atoms with Crippen molar-refractivity contribution in [2.75, 3.05) is 18.9 Å². The van der Waals surface area contributed by atoms with Gasteiger partial charge in [0.15, 0.2) is 5.01 Å². The molecule has 4 rings (SSSR count). The van der Waals surface area contributed by atoms with Crippen LogP contribution in [0, 0.1) is 0 Å². The Hall–Kier alpha value is -2.04. The predicted octanol–water partition coefficient (Wildman–Crippen LogP) is 3.85. The van der Waals surface area contributed by atoms with Gasteiger partial charge >= 0.3 is 0 Å². The summed E-state index contributed by atoms with van der Waals surface area (Å²) >= 11 is 8.52. The van der Waals surface area contributed by atoms with Crippen molar-refractivity contribution >= 4 is 64.2 Å². The zero-order valence-electron chi connectivity index (χ0n) is 16.0. The van der Waals surface area contributed by atoms with Crippen LogP contribution in [0.3, 0.4) is 0 Å². The summed E-state index contributed by atoms with van der Waals surface area (Å²) in [6, 6.07) is 5.07. The third kappa shape index (κ3) is 5.16. The van der Waals surface area contributed by atoms with Crippen molar-refractivity contribution in [2.24, 2.45) is 0 Å². The average molecular weight is 484 g/mol. The second-order valence-corrected chi connectivity index (χ2v) is 9.45. The van der Waals surface area contributed by atoms with Crippen molar-refractivity contribution in [1.29, 1.82) is 0 Å². The number of aromatic nitrogens is 2. The topological polar surface area (TPSA) is 87.2 Å². The molecule has 0 radical (unpaired) electrons. The van der Waals surface area contributed by atoms with Gasteiger partial charge in [-0.15, -0.1) is 35.1 Å². The number of hydrogen-bond acceptors (Lipinski definition) is 7. The van der Waals surface area contributed by atoms with Crippen molar-refractivity contribution < 1.29 is 9.59 Å². The second kappa shape index (κ2) is 9.84. The molecular formula is C19H19Cl2N5O2S2. The van der Waals surface area contributed by atoms with Gasteiger partial charge in [-0.1, -0.05) is 11.6 Å².